The maximum absolute atomic E-state index is 13.2. The quantitative estimate of drug-likeness (QED) is 0.915. The van der Waals surface area contributed by atoms with E-state index >= 15 is 0 Å². The molecule has 4 rings (SSSR count). The van der Waals surface area contributed by atoms with E-state index in [9.17, 15) is 9.59 Å². The lowest BCUT2D eigenvalue weighted by Crippen LogP contribution is -2.50. The second kappa shape index (κ2) is 5.92. The molecule has 0 unspecified atom stereocenters. The van der Waals surface area contributed by atoms with Gasteiger partial charge in [-0.05, 0) is 36.6 Å². The van der Waals surface area contributed by atoms with Crippen molar-refractivity contribution in [3.05, 3.63) is 59.7 Å². The molecule has 128 valence electrons. The Hall–Kier alpha value is -2.82. The van der Waals surface area contributed by atoms with Gasteiger partial charge in [0.2, 0.25) is 5.91 Å². The number of ether oxygens (including phenoxy) is 1. The van der Waals surface area contributed by atoms with Gasteiger partial charge in [0.05, 0.1) is 5.92 Å². The number of nitrogens with zero attached hydrogens (tertiary/aromatic N) is 1. The van der Waals surface area contributed by atoms with Crippen LogP contribution in [0.2, 0.25) is 0 Å². The van der Waals surface area contributed by atoms with Gasteiger partial charge < -0.3 is 15.4 Å². The average molecular weight is 336 g/mol. The Morgan fingerprint density at radius 3 is 2.60 bits per heavy atom. The molecule has 25 heavy (non-hydrogen) atoms. The number of carbonyl (C=O) groups excluding carboxylic acids is 2. The standard InChI is InChI=1S/C20H20N2O3/c1-12-10-15(19(21)23)14-7-3-4-8-16(14)22(12)20(24)18-11-13-6-2-5-9-17(13)25-18/h2-9,12,15,18H,10-11H2,1H3,(H2,21,23)/t12-,15-,18-/m1/s1. The highest BCUT2D eigenvalue weighted by Crippen LogP contribution is 2.39. The van der Waals surface area contributed by atoms with E-state index in [1.807, 2.05) is 55.5 Å². The number of nitrogens with two attached hydrogens (primary N) is 1. The molecule has 5 heteroatoms. The number of primary amides is 1. The van der Waals surface area contributed by atoms with E-state index in [0.717, 1.165) is 22.6 Å². The van der Waals surface area contributed by atoms with E-state index in [1.54, 1.807) is 4.90 Å². The molecule has 0 spiro atoms. The third kappa shape index (κ3) is 2.56. The molecular formula is C20H20N2O3. The third-order valence-electron chi connectivity index (χ3n) is 5.09. The van der Waals surface area contributed by atoms with Crippen LogP contribution in [-0.2, 0) is 16.0 Å². The lowest BCUT2D eigenvalue weighted by atomic mass is 9.85. The summed E-state index contributed by atoms with van der Waals surface area (Å²) in [5, 5.41) is 0. The zero-order chi connectivity index (χ0) is 17.6. The molecule has 2 aromatic carbocycles. The molecule has 0 fully saturated rings. The van der Waals surface area contributed by atoms with Crippen LogP contribution in [0.25, 0.3) is 0 Å². The van der Waals surface area contributed by atoms with Crippen LogP contribution in [0, 0.1) is 0 Å². The minimum absolute atomic E-state index is 0.0703. The Kier molecular flexibility index (Phi) is 3.71. The summed E-state index contributed by atoms with van der Waals surface area (Å²) in [4.78, 5) is 26.8. The van der Waals surface area contributed by atoms with Gasteiger partial charge in [-0.15, -0.1) is 0 Å². The number of carbonyl (C=O) groups is 2. The summed E-state index contributed by atoms with van der Waals surface area (Å²) in [7, 11) is 0. The van der Waals surface area contributed by atoms with Crippen molar-refractivity contribution in [2.45, 2.75) is 37.8 Å². The maximum Gasteiger partial charge on any atom is 0.268 e. The highest BCUT2D eigenvalue weighted by molar-refractivity contribution is 6.00. The average Bonchev–Trinajstić information content (AvgIpc) is 3.04. The molecule has 0 aromatic heterocycles. The monoisotopic (exact) mass is 336 g/mol. The van der Waals surface area contributed by atoms with Gasteiger partial charge in [0.1, 0.15) is 5.75 Å². The first kappa shape index (κ1) is 15.7. The molecule has 2 amide bonds. The summed E-state index contributed by atoms with van der Waals surface area (Å²) in [6.45, 7) is 1.95. The zero-order valence-corrected chi connectivity index (χ0v) is 14.0. The van der Waals surface area contributed by atoms with Gasteiger partial charge in [0.15, 0.2) is 6.10 Å². The molecule has 2 heterocycles. The highest BCUT2D eigenvalue weighted by Gasteiger charge is 2.40. The molecule has 0 aliphatic carbocycles. The van der Waals surface area contributed by atoms with Crippen molar-refractivity contribution in [2.24, 2.45) is 5.73 Å². The molecule has 0 saturated carbocycles. The number of fused-ring (bicyclic) bond motifs is 2. The second-order valence-corrected chi connectivity index (χ2v) is 6.73. The van der Waals surface area contributed by atoms with E-state index < -0.39 is 6.10 Å². The minimum atomic E-state index is -0.530. The van der Waals surface area contributed by atoms with E-state index in [2.05, 4.69) is 0 Å². The van der Waals surface area contributed by atoms with Crippen LogP contribution >= 0.6 is 0 Å². The number of amides is 2. The minimum Gasteiger partial charge on any atom is -0.480 e. The maximum atomic E-state index is 13.2. The van der Waals surface area contributed by atoms with Gasteiger partial charge in [-0.3, -0.25) is 9.59 Å². The number of benzene rings is 2. The predicted octanol–water partition coefficient (Wildman–Crippen LogP) is 2.38. The number of hydrogen-bond donors (Lipinski definition) is 1. The SMILES string of the molecule is C[C@@H]1C[C@@H](C(N)=O)c2ccccc2N1C(=O)[C@H]1Cc2ccccc2O1. The first-order valence-corrected chi connectivity index (χ1v) is 8.52. The van der Waals surface area contributed by atoms with Crippen LogP contribution < -0.4 is 15.4 Å². The van der Waals surface area contributed by atoms with Crippen molar-refractivity contribution in [3.63, 3.8) is 0 Å². The fourth-order valence-electron chi connectivity index (χ4n) is 3.89. The van der Waals surface area contributed by atoms with E-state index in [1.165, 1.54) is 0 Å². The first-order chi connectivity index (χ1) is 12.1. The number of anilines is 1. The van der Waals surface area contributed by atoms with Gasteiger partial charge in [-0.1, -0.05) is 36.4 Å². The van der Waals surface area contributed by atoms with Crippen LogP contribution in [0.4, 0.5) is 5.69 Å². The van der Waals surface area contributed by atoms with Crippen molar-refractivity contribution in [3.8, 4) is 5.75 Å². The van der Waals surface area contributed by atoms with Crippen LogP contribution in [0.3, 0.4) is 0 Å². The molecule has 0 radical (unpaired) electrons. The van der Waals surface area contributed by atoms with Crippen molar-refractivity contribution in [2.75, 3.05) is 4.90 Å². The Morgan fingerprint density at radius 2 is 1.84 bits per heavy atom. The largest absolute Gasteiger partial charge is 0.480 e. The van der Waals surface area contributed by atoms with E-state index in [4.69, 9.17) is 10.5 Å². The summed E-state index contributed by atoms with van der Waals surface area (Å²) in [5.41, 5.74) is 8.20. The Balaban J connectivity index is 1.67. The summed E-state index contributed by atoms with van der Waals surface area (Å²) in [5.74, 6) is -0.0132. The summed E-state index contributed by atoms with van der Waals surface area (Å²) in [6, 6.07) is 15.1. The normalized spacial score (nSPS) is 24.2. The van der Waals surface area contributed by atoms with E-state index in [-0.39, 0.29) is 23.8 Å². The van der Waals surface area contributed by atoms with Crippen molar-refractivity contribution >= 4 is 17.5 Å². The van der Waals surface area contributed by atoms with Gasteiger partial charge >= 0.3 is 0 Å². The topological polar surface area (TPSA) is 72.6 Å². The highest BCUT2D eigenvalue weighted by atomic mass is 16.5. The summed E-state index contributed by atoms with van der Waals surface area (Å²) >= 11 is 0. The van der Waals surface area contributed by atoms with Gasteiger partial charge in [-0.25, -0.2) is 0 Å². The van der Waals surface area contributed by atoms with Crippen molar-refractivity contribution in [1.29, 1.82) is 0 Å². The third-order valence-corrected chi connectivity index (χ3v) is 5.09. The first-order valence-electron chi connectivity index (χ1n) is 8.52. The molecule has 0 saturated heterocycles. The number of rotatable bonds is 2. The van der Waals surface area contributed by atoms with Crippen LogP contribution in [0.15, 0.2) is 48.5 Å². The van der Waals surface area contributed by atoms with Gasteiger partial charge in [-0.2, -0.15) is 0 Å². The van der Waals surface area contributed by atoms with Crippen molar-refractivity contribution < 1.29 is 14.3 Å². The Bertz CT molecular complexity index is 823. The summed E-state index contributed by atoms with van der Waals surface area (Å²) in [6.07, 6.45) is 0.565. The molecule has 2 aliphatic rings. The van der Waals surface area contributed by atoms with Gasteiger partial charge in [0, 0.05) is 18.2 Å². The fraction of sp³-hybridized carbons (Fsp3) is 0.300. The lowest BCUT2D eigenvalue weighted by Gasteiger charge is -2.39. The smallest absolute Gasteiger partial charge is 0.268 e. The molecule has 2 aromatic rings. The molecule has 3 atom stereocenters. The Labute approximate surface area is 146 Å². The van der Waals surface area contributed by atoms with Crippen LogP contribution in [0.1, 0.15) is 30.4 Å². The molecule has 2 aliphatic heterocycles. The van der Waals surface area contributed by atoms with E-state index in [0.29, 0.717) is 12.8 Å². The molecule has 5 nitrogen and oxygen atoms in total. The fourth-order valence-corrected chi connectivity index (χ4v) is 3.89. The van der Waals surface area contributed by atoms with Crippen LogP contribution in [-0.4, -0.2) is 24.0 Å². The lowest BCUT2D eigenvalue weighted by molar-refractivity contribution is -0.126. The second-order valence-electron chi connectivity index (χ2n) is 6.73. The van der Waals surface area contributed by atoms with Crippen molar-refractivity contribution in [1.82, 2.24) is 0 Å². The van der Waals surface area contributed by atoms with Crippen LogP contribution in [0.5, 0.6) is 5.75 Å². The molecule has 0 bridgehead atoms. The number of para-hydroxylation sites is 2. The molecular weight excluding hydrogens is 316 g/mol. The van der Waals surface area contributed by atoms with Gasteiger partial charge in [0.25, 0.3) is 5.91 Å². The zero-order valence-electron chi connectivity index (χ0n) is 14.0. The Morgan fingerprint density at radius 1 is 1.12 bits per heavy atom. The number of hydrogen-bond acceptors (Lipinski definition) is 3. The molecule has 2 N–H and O–H groups in total. The predicted molar refractivity (Wildman–Crippen MR) is 94.5 cm³/mol. The summed E-state index contributed by atoms with van der Waals surface area (Å²) < 4.78 is 5.88.